The molecular formula is C20H27IN4O. The third-order valence-corrected chi connectivity index (χ3v) is 6.61. The summed E-state index contributed by atoms with van der Waals surface area (Å²) in [5, 5.41) is 8.56. The highest BCUT2D eigenvalue weighted by Gasteiger charge is 2.23. The highest BCUT2D eigenvalue weighted by molar-refractivity contribution is 14.1. The maximum absolute atomic E-state index is 5.37. The Morgan fingerprint density at radius 3 is 2.85 bits per heavy atom. The Balaban J connectivity index is 0.000000136. The van der Waals surface area contributed by atoms with Crippen LogP contribution in [0.15, 0.2) is 21.6 Å². The van der Waals surface area contributed by atoms with Crippen LogP contribution < -0.4 is 5.32 Å². The van der Waals surface area contributed by atoms with E-state index in [2.05, 4.69) is 62.0 Å². The van der Waals surface area contributed by atoms with E-state index in [1.807, 2.05) is 0 Å². The molecular weight excluding hydrogens is 439 g/mol. The molecule has 3 heterocycles. The predicted molar refractivity (Wildman–Crippen MR) is 115 cm³/mol. The van der Waals surface area contributed by atoms with Gasteiger partial charge in [0.25, 0.3) is 0 Å². The number of hydrogen-bond donors (Lipinski definition) is 1. The van der Waals surface area contributed by atoms with E-state index in [0.29, 0.717) is 6.04 Å². The first kappa shape index (κ1) is 18.1. The number of halogens is 1. The Kier molecular flexibility index (Phi) is 5.66. The van der Waals surface area contributed by atoms with Crippen molar-refractivity contribution < 1.29 is 4.52 Å². The number of anilines is 1. The summed E-state index contributed by atoms with van der Waals surface area (Å²) in [6.07, 6.45) is 9.13. The largest absolute Gasteiger partial charge is 0.364 e. The molecule has 1 aromatic carbocycles. The fraction of sp³-hybridized carbons (Fsp3) is 0.600. The number of hydrogen-bond acceptors (Lipinski definition) is 5. The molecule has 6 heteroatoms. The number of aromatic nitrogens is 1. The van der Waals surface area contributed by atoms with E-state index in [1.54, 1.807) is 0 Å². The van der Waals surface area contributed by atoms with E-state index in [-0.39, 0.29) is 0 Å². The molecule has 0 bridgehead atoms. The summed E-state index contributed by atoms with van der Waals surface area (Å²) in [4.78, 5) is 7.04. The minimum absolute atomic E-state index is 0.609. The quantitative estimate of drug-likeness (QED) is 0.635. The molecule has 0 spiro atoms. The Hall–Kier alpha value is -1.31. The van der Waals surface area contributed by atoms with E-state index in [9.17, 15) is 0 Å². The van der Waals surface area contributed by atoms with Gasteiger partial charge in [-0.05, 0) is 73.2 Å². The van der Waals surface area contributed by atoms with Crippen LogP contribution in [0.1, 0.15) is 50.5 Å². The summed E-state index contributed by atoms with van der Waals surface area (Å²) in [5.41, 5.74) is 2.14. The average molecular weight is 466 g/mol. The lowest BCUT2D eigenvalue weighted by atomic mass is 10.2. The molecule has 5 nitrogen and oxygen atoms in total. The molecule has 0 radical (unpaired) electrons. The molecule has 5 rings (SSSR count). The molecule has 26 heavy (non-hydrogen) atoms. The second-order valence-corrected chi connectivity index (χ2v) is 8.55. The zero-order chi connectivity index (χ0) is 17.9. The van der Waals surface area contributed by atoms with E-state index in [0.717, 1.165) is 26.9 Å². The van der Waals surface area contributed by atoms with Crippen molar-refractivity contribution in [3.63, 3.8) is 0 Å². The summed E-state index contributed by atoms with van der Waals surface area (Å²) in [7, 11) is 0. The molecule has 2 fully saturated rings. The minimum atomic E-state index is 0.609. The van der Waals surface area contributed by atoms with Crippen LogP contribution >= 0.6 is 22.6 Å². The maximum Gasteiger partial charge on any atom is 0.182 e. The van der Waals surface area contributed by atoms with Crippen molar-refractivity contribution in [2.24, 2.45) is 4.99 Å². The van der Waals surface area contributed by atoms with Crippen molar-refractivity contribution >= 4 is 45.2 Å². The number of amidine groups is 1. The summed E-state index contributed by atoms with van der Waals surface area (Å²) in [6.45, 7) is 5.68. The van der Waals surface area contributed by atoms with Crippen LogP contribution in [0.2, 0.25) is 0 Å². The second kappa shape index (κ2) is 8.15. The Labute approximate surface area is 168 Å². The third-order valence-electron chi connectivity index (χ3n) is 5.27. The van der Waals surface area contributed by atoms with Crippen molar-refractivity contribution in [3.8, 4) is 0 Å². The predicted octanol–water partition coefficient (Wildman–Crippen LogP) is 4.98. The third kappa shape index (κ3) is 4.15. The topological polar surface area (TPSA) is 53.7 Å². The van der Waals surface area contributed by atoms with Gasteiger partial charge in [0.1, 0.15) is 0 Å². The highest BCUT2D eigenvalue weighted by atomic mass is 127. The first-order valence-corrected chi connectivity index (χ1v) is 10.9. The van der Waals surface area contributed by atoms with Crippen molar-refractivity contribution in [1.29, 1.82) is 0 Å². The van der Waals surface area contributed by atoms with E-state index in [4.69, 9.17) is 4.52 Å². The van der Waals surface area contributed by atoms with Crippen molar-refractivity contribution in [3.05, 3.63) is 21.3 Å². The van der Waals surface area contributed by atoms with Crippen LogP contribution in [-0.4, -0.2) is 41.6 Å². The van der Waals surface area contributed by atoms with Crippen molar-refractivity contribution in [2.75, 3.05) is 25.0 Å². The Morgan fingerprint density at radius 2 is 2.00 bits per heavy atom. The zero-order valence-corrected chi connectivity index (χ0v) is 17.6. The fourth-order valence-electron chi connectivity index (χ4n) is 3.54. The molecule has 3 aliphatic rings. The van der Waals surface area contributed by atoms with Gasteiger partial charge in [-0.2, -0.15) is 0 Å². The fourth-order valence-corrected chi connectivity index (χ4v) is 4.10. The van der Waals surface area contributed by atoms with Gasteiger partial charge < -0.3 is 14.7 Å². The second-order valence-electron chi connectivity index (χ2n) is 7.47. The standard InChI is InChI=1S/C11H11IN2O.C9H16N2/c1-6-2-5-8-10(9(6)12)15-14-11(8)13-7-3-4-7;1-2-5-9-10-6-4-8-11(9)7-3-1/h2,5,7H,3-4H2,1H3,(H,13,14);1-8H2. The molecule has 0 unspecified atom stereocenters. The van der Waals surface area contributed by atoms with E-state index >= 15 is 0 Å². The van der Waals surface area contributed by atoms with Crippen molar-refractivity contribution in [1.82, 2.24) is 10.1 Å². The number of nitrogens with zero attached hydrogens (tertiary/aromatic N) is 3. The van der Waals surface area contributed by atoms with Gasteiger partial charge in [-0.25, -0.2) is 0 Å². The van der Waals surface area contributed by atoms with Gasteiger partial charge in [0, 0.05) is 32.1 Å². The SMILES string of the molecule is C1CCC2=NCCCN2CC1.Cc1ccc2c(NC3CC3)noc2c1I. The first-order valence-electron chi connectivity index (χ1n) is 9.81. The average Bonchev–Trinajstić information content (AvgIpc) is 3.42. The van der Waals surface area contributed by atoms with Crippen LogP contribution in [0.5, 0.6) is 0 Å². The van der Waals surface area contributed by atoms with Gasteiger partial charge in [0.2, 0.25) is 0 Å². The molecule has 2 aromatic rings. The Morgan fingerprint density at radius 1 is 1.15 bits per heavy atom. The smallest absolute Gasteiger partial charge is 0.182 e. The molecule has 1 aliphatic carbocycles. The monoisotopic (exact) mass is 466 g/mol. The highest BCUT2D eigenvalue weighted by Crippen LogP contribution is 2.32. The van der Waals surface area contributed by atoms with E-state index in [1.165, 1.54) is 69.4 Å². The van der Waals surface area contributed by atoms with Gasteiger partial charge in [0.05, 0.1) is 14.8 Å². The number of rotatable bonds is 2. The summed E-state index contributed by atoms with van der Waals surface area (Å²) < 4.78 is 6.52. The molecule has 1 saturated carbocycles. The maximum atomic E-state index is 5.37. The van der Waals surface area contributed by atoms with E-state index < -0.39 is 0 Å². The van der Waals surface area contributed by atoms with Crippen LogP contribution in [0.25, 0.3) is 11.0 Å². The van der Waals surface area contributed by atoms with Crippen LogP contribution in [0, 0.1) is 10.5 Å². The summed E-state index contributed by atoms with van der Waals surface area (Å²) >= 11 is 2.30. The molecule has 0 amide bonds. The van der Waals surface area contributed by atoms with Crippen LogP contribution in [0.4, 0.5) is 5.82 Å². The molecule has 1 N–H and O–H groups in total. The Bertz CT molecular complexity index is 796. The minimum Gasteiger partial charge on any atom is -0.364 e. The van der Waals surface area contributed by atoms with Gasteiger partial charge in [-0.1, -0.05) is 17.6 Å². The van der Waals surface area contributed by atoms with Gasteiger partial charge in [-0.15, -0.1) is 0 Å². The molecule has 140 valence electrons. The van der Waals surface area contributed by atoms with Gasteiger partial charge in [0.15, 0.2) is 11.4 Å². The first-order chi connectivity index (χ1) is 12.7. The molecule has 2 aliphatic heterocycles. The zero-order valence-electron chi connectivity index (χ0n) is 15.4. The summed E-state index contributed by atoms with van der Waals surface area (Å²) in [5.74, 6) is 2.29. The summed E-state index contributed by atoms with van der Waals surface area (Å²) in [6, 6.07) is 4.80. The normalized spacial score (nSPS) is 19.9. The molecule has 1 saturated heterocycles. The number of benzene rings is 1. The lowest BCUT2D eigenvalue weighted by Gasteiger charge is -2.27. The number of aliphatic imine (C=N–C) groups is 1. The lowest BCUT2D eigenvalue weighted by Crippen LogP contribution is -2.34. The molecule has 1 aromatic heterocycles. The van der Waals surface area contributed by atoms with Crippen molar-refractivity contribution in [2.45, 2.75) is 57.9 Å². The van der Waals surface area contributed by atoms with Crippen LogP contribution in [0.3, 0.4) is 0 Å². The van der Waals surface area contributed by atoms with Gasteiger partial charge >= 0.3 is 0 Å². The number of aryl methyl sites for hydroxylation is 1. The number of fused-ring (bicyclic) bond motifs is 2. The van der Waals surface area contributed by atoms with Crippen LogP contribution in [-0.2, 0) is 0 Å². The number of nitrogens with one attached hydrogen (secondary N) is 1. The van der Waals surface area contributed by atoms with Gasteiger partial charge in [-0.3, -0.25) is 4.99 Å². The molecule has 0 atom stereocenters. The lowest BCUT2D eigenvalue weighted by molar-refractivity contribution is 0.391.